The van der Waals surface area contributed by atoms with Crippen molar-refractivity contribution in [3.05, 3.63) is 53.1 Å². The quantitative estimate of drug-likeness (QED) is 0.525. The molecule has 0 bridgehead atoms. The number of aliphatic imine (C=N–C) groups is 1. The Morgan fingerprint density at radius 1 is 1.31 bits per heavy atom. The van der Waals surface area contributed by atoms with E-state index >= 15 is 4.39 Å². The summed E-state index contributed by atoms with van der Waals surface area (Å²) in [5, 5.41) is 4.27. The van der Waals surface area contributed by atoms with Gasteiger partial charge in [-0.1, -0.05) is 16.8 Å². The number of carbonyl (C=O) groups excluding carboxylic acids is 1. The summed E-state index contributed by atoms with van der Waals surface area (Å²) in [6.07, 6.45) is 1.55. The van der Waals surface area contributed by atoms with Crippen molar-refractivity contribution in [3.8, 4) is 22.8 Å². The molecular weight excluding hydrogens is 518 g/mol. The first kappa shape index (κ1) is 25.6. The average molecular weight is 539 g/mol. The van der Waals surface area contributed by atoms with Gasteiger partial charge in [-0.2, -0.15) is 0 Å². The summed E-state index contributed by atoms with van der Waals surface area (Å²) < 4.78 is 56.7. The molecule has 1 aliphatic heterocycles. The van der Waals surface area contributed by atoms with Crippen LogP contribution in [0.4, 0.5) is 13.6 Å². The molecule has 1 unspecified atom stereocenters. The maximum Gasteiger partial charge on any atom is 0.411 e. The van der Waals surface area contributed by atoms with E-state index in [2.05, 4.69) is 24.5 Å². The number of carbonyl (C=O) groups is 1. The van der Waals surface area contributed by atoms with E-state index in [4.69, 9.17) is 26.6 Å². The van der Waals surface area contributed by atoms with Gasteiger partial charge < -0.3 is 15.0 Å². The molecule has 0 fully saturated rings. The molecule has 0 aliphatic carbocycles. The maximum atomic E-state index is 15.2. The highest BCUT2D eigenvalue weighted by Crippen LogP contribution is 2.42. The fourth-order valence-corrected chi connectivity index (χ4v) is 6.16. The molecule has 1 aliphatic rings. The molecule has 1 aromatic carbocycles. The van der Waals surface area contributed by atoms with Crippen LogP contribution in [0.1, 0.15) is 19.4 Å². The minimum Gasteiger partial charge on any atom is -0.394 e. The minimum absolute atomic E-state index is 0.202. The Kier molecular flexibility index (Phi) is 6.56. The molecule has 0 saturated carbocycles. The Balaban J connectivity index is 1.85. The van der Waals surface area contributed by atoms with Crippen LogP contribution in [0, 0.1) is 5.82 Å². The predicted octanol–water partition coefficient (Wildman–Crippen LogP) is 4.14. The van der Waals surface area contributed by atoms with E-state index in [0.717, 1.165) is 6.07 Å². The van der Waals surface area contributed by atoms with Gasteiger partial charge in [-0.15, -0.1) is 0 Å². The van der Waals surface area contributed by atoms with Crippen molar-refractivity contribution in [1.29, 1.82) is 0 Å². The van der Waals surface area contributed by atoms with Crippen LogP contribution < -0.4 is 5.73 Å². The fraction of sp³-hybridized carbons (Fsp3) is 0.318. The third-order valence-electron chi connectivity index (χ3n) is 5.89. The molecule has 190 valence electrons. The molecule has 36 heavy (non-hydrogen) atoms. The van der Waals surface area contributed by atoms with Crippen LogP contribution in [0.3, 0.4) is 0 Å². The van der Waals surface area contributed by atoms with Crippen LogP contribution >= 0.6 is 11.6 Å². The van der Waals surface area contributed by atoms with Gasteiger partial charge in [0.25, 0.3) is 0 Å². The van der Waals surface area contributed by atoms with Gasteiger partial charge in [0.05, 0.1) is 20.5 Å². The second-order valence-corrected chi connectivity index (χ2v) is 11.9. The molecule has 10 nitrogen and oxygen atoms in total. The molecule has 1 amide bonds. The van der Waals surface area contributed by atoms with Crippen LogP contribution in [0.5, 0.6) is 0 Å². The molecule has 2 N–H and O–H groups in total. The third kappa shape index (κ3) is 4.32. The summed E-state index contributed by atoms with van der Waals surface area (Å²) in [5.41, 5.74) is 3.52. The van der Waals surface area contributed by atoms with E-state index in [0.29, 0.717) is 10.6 Å². The highest BCUT2D eigenvalue weighted by Gasteiger charge is 2.52. The normalized spacial score (nSPS) is 23.1. The SMILES string of the molecule is CN=S1(=O)C[C@@](CF)(c2cc(-c3cc(-c4ncc(Cl)cn4)no3)ccc2F)N=C(OC(N)=O)C1(C)C. The maximum absolute atomic E-state index is 15.2. The smallest absolute Gasteiger partial charge is 0.394 e. The van der Waals surface area contributed by atoms with Crippen molar-refractivity contribution in [1.82, 2.24) is 15.1 Å². The number of alkyl halides is 1. The Hall–Kier alpha value is -3.45. The van der Waals surface area contributed by atoms with Crippen molar-refractivity contribution >= 4 is 33.3 Å². The zero-order valence-electron chi connectivity index (χ0n) is 19.4. The number of benzene rings is 1. The summed E-state index contributed by atoms with van der Waals surface area (Å²) in [6.45, 7) is 1.70. The lowest BCUT2D eigenvalue weighted by Gasteiger charge is -2.41. The predicted molar refractivity (Wildman–Crippen MR) is 129 cm³/mol. The van der Waals surface area contributed by atoms with E-state index in [1.165, 1.54) is 51.5 Å². The summed E-state index contributed by atoms with van der Waals surface area (Å²) in [4.78, 5) is 23.9. The van der Waals surface area contributed by atoms with Crippen molar-refractivity contribution in [2.75, 3.05) is 19.5 Å². The highest BCUT2D eigenvalue weighted by molar-refractivity contribution is 7.95. The van der Waals surface area contributed by atoms with Crippen LogP contribution in [0.2, 0.25) is 5.02 Å². The largest absolute Gasteiger partial charge is 0.411 e. The van der Waals surface area contributed by atoms with Crippen molar-refractivity contribution in [2.24, 2.45) is 15.1 Å². The molecule has 2 aromatic heterocycles. The number of halogens is 3. The number of hydrogen-bond acceptors (Lipinski definition) is 9. The fourth-order valence-electron chi connectivity index (χ4n) is 3.81. The summed E-state index contributed by atoms with van der Waals surface area (Å²) in [7, 11) is -2.01. The van der Waals surface area contributed by atoms with Gasteiger partial charge in [-0.25, -0.2) is 37.1 Å². The summed E-state index contributed by atoms with van der Waals surface area (Å²) in [5.74, 6) is -1.24. The number of nitrogens with zero attached hydrogens (tertiary/aromatic N) is 5. The van der Waals surface area contributed by atoms with Crippen molar-refractivity contribution < 1.29 is 27.0 Å². The highest BCUT2D eigenvalue weighted by atomic mass is 35.5. The molecule has 0 spiro atoms. The Labute approximate surface area is 210 Å². The molecule has 2 atom stereocenters. The lowest BCUT2D eigenvalue weighted by Crippen LogP contribution is -2.55. The van der Waals surface area contributed by atoms with Crippen molar-refractivity contribution in [2.45, 2.75) is 24.1 Å². The van der Waals surface area contributed by atoms with Crippen molar-refractivity contribution in [3.63, 3.8) is 0 Å². The van der Waals surface area contributed by atoms with Gasteiger partial charge >= 0.3 is 6.09 Å². The molecule has 3 heterocycles. The van der Waals surface area contributed by atoms with Gasteiger partial charge in [0.1, 0.15) is 22.8 Å². The number of primary amides is 1. The van der Waals surface area contributed by atoms with Crippen LogP contribution in [-0.4, -0.2) is 55.5 Å². The lowest BCUT2D eigenvalue weighted by atomic mass is 9.90. The first-order chi connectivity index (χ1) is 16.9. The molecule has 0 saturated heterocycles. The van der Waals surface area contributed by atoms with Gasteiger partial charge in [-0.3, -0.25) is 0 Å². The number of rotatable bonds is 4. The van der Waals surface area contributed by atoms with Gasteiger partial charge in [0, 0.05) is 36.6 Å². The second kappa shape index (κ2) is 9.21. The summed E-state index contributed by atoms with van der Waals surface area (Å²) in [6, 6.07) is 5.32. The first-order valence-electron chi connectivity index (χ1n) is 10.5. The Morgan fingerprint density at radius 2 is 2.00 bits per heavy atom. The van der Waals surface area contributed by atoms with Crippen LogP contribution in [-0.2, 0) is 20.0 Å². The topological polar surface area (TPSA) is 146 Å². The van der Waals surface area contributed by atoms with E-state index in [1.807, 2.05) is 0 Å². The Bertz CT molecular complexity index is 1480. The van der Waals surface area contributed by atoms with Crippen LogP contribution in [0.25, 0.3) is 22.8 Å². The standard InChI is InChI=1S/C22H21ClF2N6O4S/c1-21(2)19(34-20(26)32)30-22(10-24,11-36(21,33)27-3)14-6-12(4-5-15(14)25)17-7-16(31-35-17)18-28-8-13(23)9-29-18/h4-9H,10-11H2,1-3H3,(H2,26,32)/t22-,36?/m0/s1. The van der Waals surface area contributed by atoms with Crippen LogP contribution in [0.15, 0.2) is 50.5 Å². The molecular formula is C22H21ClF2N6O4S. The number of aromatic nitrogens is 3. The zero-order chi connectivity index (χ0) is 26.3. The average Bonchev–Trinajstić information content (AvgIpc) is 3.33. The number of amides is 1. The number of ether oxygens (including phenoxy) is 1. The van der Waals surface area contributed by atoms with E-state index in [9.17, 15) is 13.4 Å². The minimum atomic E-state index is -3.31. The molecule has 3 aromatic rings. The summed E-state index contributed by atoms with van der Waals surface area (Å²) >= 11 is 5.81. The van der Waals surface area contributed by atoms with Gasteiger partial charge in [0.15, 0.2) is 17.3 Å². The number of hydrogen-bond donors (Lipinski definition) is 1. The van der Waals surface area contributed by atoms with Gasteiger partial charge in [0.2, 0.25) is 5.90 Å². The van der Waals surface area contributed by atoms with E-state index in [1.54, 1.807) is 0 Å². The lowest BCUT2D eigenvalue weighted by molar-refractivity contribution is 0.203. The molecule has 4 rings (SSSR count). The second-order valence-electron chi connectivity index (χ2n) is 8.48. The number of nitrogens with two attached hydrogens (primary N) is 1. The van der Waals surface area contributed by atoms with Gasteiger partial charge in [-0.05, 0) is 32.0 Å². The third-order valence-corrected chi connectivity index (χ3v) is 9.31. The Morgan fingerprint density at radius 3 is 2.61 bits per heavy atom. The van der Waals surface area contributed by atoms with E-state index in [-0.39, 0.29) is 22.8 Å². The molecule has 14 heteroatoms. The molecule has 0 radical (unpaired) electrons. The van der Waals surface area contributed by atoms with E-state index < -0.39 is 50.3 Å². The first-order valence-corrected chi connectivity index (χ1v) is 12.5. The monoisotopic (exact) mass is 538 g/mol. The zero-order valence-corrected chi connectivity index (χ0v) is 20.9.